The van der Waals surface area contributed by atoms with Crippen LogP contribution in [0.2, 0.25) is 0 Å². The summed E-state index contributed by atoms with van der Waals surface area (Å²) < 4.78 is 6.09. The van der Waals surface area contributed by atoms with Crippen molar-refractivity contribution in [1.29, 1.82) is 0 Å². The summed E-state index contributed by atoms with van der Waals surface area (Å²) in [6.45, 7) is 0. The van der Waals surface area contributed by atoms with Crippen LogP contribution in [0.4, 0.5) is 5.69 Å². The van der Waals surface area contributed by atoms with E-state index in [9.17, 15) is 14.9 Å². The SMILES string of the molecule is O=Cc1cc(Oc2cc([N+](=O)[O-])ccc2Br)cs1. The van der Waals surface area contributed by atoms with Gasteiger partial charge in [0, 0.05) is 17.5 Å². The zero-order valence-corrected chi connectivity index (χ0v) is 11.2. The minimum atomic E-state index is -0.496. The molecule has 0 saturated carbocycles. The molecule has 0 amide bonds. The Morgan fingerprint density at radius 1 is 1.39 bits per heavy atom. The largest absolute Gasteiger partial charge is 0.455 e. The van der Waals surface area contributed by atoms with E-state index in [2.05, 4.69) is 15.9 Å². The van der Waals surface area contributed by atoms with Gasteiger partial charge in [0.1, 0.15) is 11.5 Å². The van der Waals surface area contributed by atoms with E-state index in [1.165, 1.54) is 23.5 Å². The standard InChI is InChI=1S/C11H6BrNO4S/c12-10-2-1-7(13(15)16)3-11(10)17-8-4-9(5-14)18-6-8/h1-6H. The third-order valence-corrected chi connectivity index (χ3v) is 3.56. The van der Waals surface area contributed by atoms with E-state index in [1.54, 1.807) is 17.5 Å². The van der Waals surface area contributed by atoms with Gasteiger partial charge in [-0.15, -0.1) is 11.3 Å². The molecule has 0 aliphatic carbocycles. The van der Waals surface area contributed by atoms with Crippen LogP contribution in [0, 0.1) is 10.1 Å². The summed E-state index contributed by atoms with van der Waals surface area (Å²) in [5.74, 6) is 0.808. The number of non-ortho nitro benzene ring substituents is 1. The number of benzene rings is 1. The predicted octanol–water partition coefficient (Wildman–Crippen LogP) is 4.02. The van der Waals surface area contributed by atoms with E-state index in [0.29, 0.717) is 20.8 Å². The Kier molecular flexibility index (Phi) is 3.73. The minimum Gasteiger partial charge on any atom is -0.455 e. The van der Waals surface area contributed by atoms with E-state index >= 15 is 0 Å². The Morgan fingerprint density at radius 3 is 2.78 bits per heavy atom. The van der Waals surface area contributed by atoms with Crippen molar-refractivity contribution in [2.24, 2.45) is 0 Å². The van der Waals surface area contributed by atoms with E-state index in [4.69, 9.17) is 4.74 Å². The van der Waals surface area contributed by atoms with Crippen LogP contribution in [0.1, 0.15) is 9.67 Å². The number of hydrogen-bond acceptors (Lipinski definition) is 5. The van der Waals surface area contributed by atoms with Crippen molar-refractivity contribution in [2.75, 3.05) is 0 Å². The Balaban J connectivity index is 2.30. The van der Waals surface area contributed by atoms with Gasteiger partial charge in [0.15, 0.2) is 6.29 Å². The van der Waals surface area contributed by atoms with Gasteiger partial charge < -0.3 is 4.74 Å². The Labute approximate surface area is 114 Å². The Hall–Kier alpha value is -1.73. The number of carbonyl (C=O) groups is 1. The first kappa shape index (κ1) is 12.7. The quantitative estimate of drug-likeness (QED) is 0.483. The number of nitro benzene ring substituents is 1. The number of aldehydes is 1. The highest BCUT2D eigenvalue weighted by molar-refractivity contribution is 9.10. The zero-order chi connectivity index (χ0) is 13.1. The normalized spacial score (nSPS) is 10.1. The number of ether oxygens (including phenoxy) is 1. The van der Waals surface area contributed by atoms with Crippen LogP contribution in [0.5, 0.6) is 11.5 Å². The fourth-order valence-electron chi connectivity index (χ4n) is 1.26. The molecule has 0 fully saturated rings. The van der Waals surface area contributed by atoms with Crippen LogP contribution in [0.25, 0.3) is 0 Å². The van der Waals surface area contributed by atoms with Gasteiger partial charge in [-0.05, 0) is 22.0 Å². The first-order valence-electron chi connectivity index (χ1n) is 4.75. The first-order chi connectivity index (χ1) is 8.60. The molecule has 0 unspecified atom stereocenters. The zero-order valence-electron chi connectivity index (χ0n) is 8.83. The van der Waals surface area contributed by atoms with E-state index in [-0.39, 0.29) is 5.69 Å². The molecule has 7 heteroatoms. The maximum Gasteiger partial charge on any atom is 0.273 e. The van der Waals surface area contributed by atoms with Crippen molar-refractivity contribution < 1.29 is 14.5 Å². The van der Waals surface area contributed by atoms with Gasteiger partial charge in [-0.25, -0.2) is 0 Å². The fraction of sp³-hybridized carbons (Fsp3) is 0. The Bertz CT molecular complexity index is 611. The van der Waals surface area contributed by atoms with Gasteiger partial charge in [-0.2, -0.15) is 0 Å². The highest BCUT2D eigenvalue weighted by Gasteiger charge is 2.11. The highest BCUT2D eigenvalue weighted by atomic mass is 79.9. The molecule has 2 aromatic rings. The number of rotatable bonds is 4. The summed E-state index contributed by atoms with van der Waals surface area (Å²) in [6, 6.07) is 5.81. The topological polar surface area (TPSA) is 69.4 Å². The second-order valence-electron chi connectivity index (χ2n) is 3.28. The molecule has 0 atom stereocenters. The molecule has 92 valence electrons. The van der Waals surface area contributed by atoms with Crippen LogP contribution in [-0.2, 0) is 0 Å². The van der Waals surface area contributed by atoms with E-state index < -0.39 is 4.92 Å². The Morgan fingerprint density at radius 2 is 2.17 bits per heavy atom. The van der Waals surface area contributed by atoms with Gasteiger partial charge in [-0.3, -0.25) is 14.9 Å². The van der Waals surface area contributed by atoms with E-state index in [0.717, 1.165) is 6.29 Å². The summed E-state index contributed by atoms with van der Waals surface area (Å²) in [7, 11) is 0. The van der Waals surface area contributed by atoms with Crippen molar-refractivity contribution in [3.8, 4) is 11.5 Å². The molecule has 1 heterocycles. The highest BCUT2D eigenvalue weighted by Crippen LogP contribution is 2.34. The molecule has 1 aromatic heterocycles. The first-order valence-corrected chi connectivity index (χ1v) is 6.43. The predicted molar refractivity (Wildman–Crippen MR) is 70.6 cm³/mol. The van der Waals surface area contributed by atoms with Crippen LogP contribution >= 0.6 is 27.3 Å². The number of thiophene rings is 1. The summed E-state index contributed by atoms with van der Waals surface area (Å²) >= 11 is 4.49. The molecular weight excluding hydrogens is 322 g/mol. The van der Waals surface area contributed by atoms with Crippen molar-refractivity contribution in [3.05, 3.63) is 49.1 Å². The van der Waals surface area contributed by atoms with Gasteiger partial charge in [-0.1, -0.05) is 0 Å². The lowest BCUT2D eigenvalue weighted by Crippen LogP contribution is -1.90. The van der Waals surface area contributed by atoms with Gasteiger partial charge in [0.25, 0.3) is 5.69 Å². The second-order valence-corrected chi connectivity index (χ2v) is 5.07. The molecule has 0 saturated heterocycles. The van der Waals surface area contributed by atoms with Crippen LogP contribution < -0.4 is 4.74 Å². The maximum atomic E-state index is 10.7. The number of nitro groups is 1. The summed E-state index contributed by atoms with van der Waals surface area (Å²) in [4.78, 5) is 21.2. The number of hydrogen-bond donors (Lipinski definition) is 0. The van der Waals surface area contributed by atoms with Crippen LogP contribution in [-0.4, -0.2) is 11.2 Å². The number of halogens is 1. The average Bonchev–Trinajstić information content (AvgIpc) is 2.79. The third kappa shape index (κ3) is 2.74. The molecule has 0 aliphatic rings. The lowest BCUT2D eigenvalue weighted by molar-refractivity contribution is -0.384. The maximum absolute atomic E-state index is 10.7. The summed E-state index contributed by atoms with van der Waals surface area (Å²) in [6.07, 6.45) is 0.722. The molecule has 0 radical (unpaired) electrons. The van der Waals surface area contributed by atoms with Crippen molar-refractivity contribution in [2.45, 2.75) is 0 Å². The van der Waals surface area contributed by atoms with Crippen molar-refractivity contribution in [1.82, 2.24) is 0 Å². The molecule has 0 aliphatic heterocycles. The monoisotopic (exact) mass is 327 g/mol. The van der Waals surface area contributed by atoms with E-state index in [1.807, 2.05) is 0 Å². The minimum absolute atomic E-state index is 0.0564. The summed E-state index contributed by atoms with van der Waals surface area (Å²) in [5, 5.41) is 12.3. The molecule has 18 heavy (non-hydrogen) atoms. The molecule has 1 aromatic carbocycles. The average molecular weight is 328 g/mol. The van der Waals surface area contributed by atoms with Crippen molar-refractivity contribution >= 4 is 39.2 Å². The smallest absolute Gasteiger partial charge is 0.273 e. The van der Waals surface area contributed by atoms with Gasteiger partial charge >= 0.3 is 0 Å². The third-order valence-electron chi connectivity index (χ3n) is 2.07. The van der Waals surface area contributed by atoms with Gasteiger partial charge in [0.05, 0.1) is 20.3 Å². The van der Waals surface area contributed by atoms with Crippen molar-refractivity contribution in [3.63, 3.8) is 0 Å². The number of nitrogens with zero attached hydrogens (tertiary/aromatic N) is 1. The van der Waals surface area contributed by atoms with Gasteiger partial charge in [0.2, 0.25) is 0 Å². The fourth-order valence-corrected chi connectivity index (χ4v) is 2.20. The lowest BCUT2D eigenvalue weighted by Gasteiger charge is -2.05. The van der Waals surface area contributed by atoms with Crippen LogP contribution in [0.15, 0.2) is 34.1 Å². The molecule has 0 bridgehead atoms. The molecule has 0 N–H and O–H groups in total. The number of carbonyl (C=O) groups excluding carboxylic acids is 1. The molecule has 0 spiro atoms. The second kappa shape index (κ2) is 5.28. The molecule has 2 rings (SSSR count). The van der Waals surface area contributed by atoms with Crippen LogP contribution in [0.3, 0.4) is 0 Å². The summed E-state index contributed by atoms with van der Waals surface area (Å²) in [5.41, 5.74) is -0.0564. The lowest BCUT2D eigenvalue weighted by atomic mass is 10.3. The molecule has 5 nitrogen and oxygen atoms in total. The molecular formula is C11H6BrNO4S.